The number of aliphatic imine (C=N–C) groups is 1. The molecule has 1 unspecified atom stereocenters. The molecule has 34 heavy (non-hydrogen) atoms. The van der Waals surface area contributed by atoms with E-state index >= 15 is 0 Å². The number of hydrogen-bond acceptors (Lipinski definition) is 4. The Balaban J connectivity index is 0.000000498. The molecule has 0 radical (unpaired) electrons. The van der Waals surface area contributed by atoms with Crippen molar-refractivity contribution < 1.29 is 14.0 Å². The van der Waals surface area contributed by atoms with Gasteiger partial charge in [0.2, 0.25) is 0 Å². The highest BCUT2D eigenvalue weighted by Crippen LogP contribution is 2.35. The van der Waals surface area contributed by atoms with Crippen molar-refractivity contribution >= 4 is 23.4 Å². The molecule has 0 N–H and O–H groups in total. The summed E-state index contributed by atoms with van der Waals surface area (Å²) < 4.78 is 11.9. The average molecular weight is 487 g/mol. The summed E-state index contributed by atoms with van der Waals surface area (Å²) >= 11 is 1.83. The number of hydrogen-bond donors (Lipinski definition) is 0. The molecule has 0 saturated heterocycles. The third kappa shape index (κ3) is 10.9. The van der Waals surface area contributed by atoms with Crippen LogP contribution in [0.2, 0.25) is 0 Å². The zero-order chi connectivity index (χ0) is 26.1. The number of benzene rings is 2. The fourth-order valence-corrected chi connectivity index (χ4v) is 3.75. The lowest BCUT2D eigenvalue weighted by molar-refractivity contribution is -0.171. The summed E-state index contributed by atoms with van der Waals surface area (Å²) in [6.07, 6.45) is 2.59. The van der Waals surface area contributed by atoms with Gasteiger partial charge in [0, 0.05) is 33.8 Å². The minimum atomic E-state index is -0.178. The summed E-state index contributed by atoms with van der Waals surface area (Å²) in [7, 11) is 3.02. The van der Waals surface area contributed by atoms with Crippen LogP contribution < -0.4 is 0 Å². The van der Waals surface area contributed by atoms with Gasteiger partial charge in [0.05, 0.1) is 13.0 Å². The van der Waals surface area contributed by atoms with E-state index in [-0.39, 0.29) is 17.6 Å². The number of halogens is 1. The molecular weight excluding hydrogens is 447 g/mol. The minimum Gasteiger partial charge on any atom is -0.275 e. The standard InChI is InChI=1S/C13H15NS.C7H13NO2.C6H5F.C2H6/c1-4-12-10(3)15-13-8-6-5-7-11(13)9(2)14-12;1-5-6(2)7(9)8(3)10-4;7-6-4-2-1-3-5-6;1-2/h5-8H,4H2,1-3H3;5-6H,1H2,2-4H3;1-5H;1-2H3. The van der Waals surface area contributed by atoms with E-state index < -0.39 is 0 Å². The number of nitrogens with zero attached hydrogens (tertiary/aromatic N) is 2. The third-order valence-corrected chi connectivity index (χ3v) is 5.76. The van der Waals surface area contributed by atoms with E-state index in [0.29, 0.717) is 0 Å². The third-order valence-electron chi connectivity index (χ3n) is 4.64. The molecule has 1 aliphatic heterocycles. The van der Waals surface area contributed by atoms with Crippen molar-refractivity contribution in [2.24, 2.45) is 10.9 Å². The molecule has 186 valence electrons. The topological polar surface area (TPSA) is 41.9 Å². The number of carbonyl (C=O) groups is 1. The fourth-order valence-electron chi connectivity index (χ4n) is 2.64. The van der Waals surface area contributed by atoms with E-state index in [4.69, 9.17) is 4.99 Å². The average Bonchev–Trinajstić information content (AvgIpc) is 3.00. The molecule has 1 aliphatic rings. The van der Waals surface area contributed by atoms with Gasteiger partial charge >= 0.3 is 0 Å². The second kappa shape index (κ2) is 17.7. The number of thioether (sulfide) groups is 1. The number of fused-ring (bicyclic) bond motifs is 1. The lowest BCUT2D eigenvalue weighted by atomic mass is 10.1. The zero-order valence-corrected chi connectivity index (χ0v) is 22.6. The van der Waals surface area contributed by atoms with Gasteiger partial charge in [-0.3, -0.25) is 14.6 Å². The smallest absolute Gasteiger partial charge is 0.252 e. The van der Waals surface area contributed by atoms with Gasteiger partial charge in [-0.25, -0.2) is 9.45 Å². The molecule has 0 spiro atoms. The molecule has 1 atom stereocenters. The number of carbonyl (C=O) groups excluding carboxylic acids is 1. The van der Waals surface area contributed by atoms with Gasteiger partial charge in [0.25, 0.3) is 5.91 Å². The SMILES string of the molecule is C=CC(C)C(=O)N(C)OC.CC.CCC1=C(C)Sc2ccccc2C(C)=N1.Fc1ccccc1. The molecule has 0 aliphatic carbocycles. The number of allylic oxidation sites excluding steroid dienone is 2. The van der Waals surface area contributed by atoms with Gasteiger partial charge in [-0.05, 0) is 38.5 Å². The summed E-state index contributed by atoms with van der Waals surface area (Å²) in [5.74, 6) is -0.440. The van der Waals surface area contributed by atoms with Crippen molar-refractivity contribution in [3.63, 3.8) is 0 Å². The Morgan fingerprint density at radius 2 is 1.71 bits per heavy atom. The molecule has 6 heteroatoms. The summed E-state index contributed by atoms with van der Waals surface area (Å²) in [6, 6.07) is 16.4. The van der Waals surface area contributed by atoms with Gasteiger partial charge in [0.15, 0.2) is 0 Å². The maximum atomic E-state index is 11.9. The maximum Gasteiger partial charge on any atom is 0.252 e. The molecule has 2 aromatic rings. The number of amides is 1. The van der Waals surface area contributed by atoms with E-state index in [1.807, 2.05) is 25.6 Å². The van der Waals surface area contributed by atoms with E-state index in [1.165, 1.54) is 45.4 Å². The first-order chi connectivity index (χ1) is 16.2. The van der Waals surface area contributed by atoms with Crippen molar-refractivity contribution in [2.45, 2.75) is 52.9 Å². The highest BCUT2D eigenvalue weighted by Gasteiger charge is 2.13. The normalized spacial score (nSPS) is 12.6. The van der Waals surface area contributed by atoms with Crippen LogP contribution >= 0.6 is 11.8 Å². The Labute approximate surface area is 209 Å². The fraction of sp³-hybridized carbons (Fsp3) is 0.357. The van der Waals surface area contributed by atoms with Crippen LogP contribution in [0.25, 0.3) is 0 Å². The Kier molecular flexibility index (Phi) is 16.3. The van der Waals surface area contributed by atoms with Gasteiger partial charge in [0.1, 0.15) is 5.82 Å². The number of hydroxylamine groups is 2. The van der Waals surface area contributed by atoms with Crippen LogP contribution in [-0.2, 0) is 9.63 Å². The van der Waals surface area contributed by atoms with Crippen molar-refractivity contribution in [3.8, 4) is 0 Å². The molecule has 0 fully saturated rings. The molecule has 1 heterocycles. The molecule has 0 bridgehead atoms. The second-order valence-corrected chi connectivity index (χ2v) is 8.25. The van der Waals surface area contributed by atoms with E-state index in [9.17, 15) is 9.18 Å². The van der Waals surface area contributed by atoms with Gasteiger partial charge in [-0.1, -0.05) is 81.9 Å². The molecular formula is C28H39FN2O2S. The lowest BCUT2D eigenvalue weighted by Gasteiger charge is -2.15. The van der Waals surface area contributed by atoms with Crippen LogP contribution in [0, 0.1) is 11.7 Å². The summed E-state index contributed by atoms with van der Waals surface area (Å²) in [6.45, 7) is 15.7. The van der Waals surface area contributed by atoms with E-state index in [0.717, 1.165) is 12.1 Å². The quantitative estimate of drug-likeness (QED) is 0.325. The van der Waals surface area contributed by atoms with Crippen LogP contribution in [0.4, 0.5) is 4.39 Å². The van der Waals surface area contributed by atoms with E-state index in [2.05, 4.69) is 56.5 Å². The molecule has 1 amide bonds. The van der Waals surface area contributed by atoms with Crippen molar-refractivity contribution in [2.75, 3.05) is 14.2 Å². The molecule has 0 saturated carbocycles. The minimum absolute atomic E-state index is 0.0856. The van der Waals surface area contributed by atoms with Crippen LogP contribution in [-0.4, -0.2) is 30.8 Å². The van der Waals surface area contributed by atoms with E-state index in [1.54, 1.807) is 38.2 Å². The Hall–Kier alpha value is -2.70. The number of rotatable bonds is 4. The monoisotopic (exact) mass is 486 g/mol. The Bertz CT molecular complexity index is 942. The molecule has 4 nitrogen and oxygen atoms in total. The first-order valence-electron chi connectivity index (χ1n) is 11.4. The Morgan fingerprint density at radius 3 is 2.18 bits per heavy atom. The highest BCUT2D eigenvalue weighted by atomic mass is 32.2. The maximum absolute atomic E-state index is 11.9. The summed E-state index contributed by atoms with van der Waals surface area (Å²) in [5.41, 5.74) is 3.62. The van der Waals surface area contributed by atoms with Gasteiger partial charge in [-0.15, -0.1) is 6.58 Å². The highest BCUT2D eigenvalue weighted by molar-refractivity contribution is 8.03. The van der Waals surface area contributed by atoms with Crippen molar-refractivity contribution in [1.82, 2.24) is 5.06 Å². The zero-order valence-electron chi connectivity index (χ0n) is 21.8. The van der Waals surface area contributed by atoms with Gasteiger partial charge < -0.3 is 0 Å². The molecule has 0 aromatic heterocycles. The van der Waals surface area contributed by atoms with Crippen LogP contribution in [0.15, 0.2) is 87.7 Å². The van der Waals surface area contributed by atoms with Crippen molar-refractivity contribution in [3.05, 3.63) is 89.2 Å². The lowest BCUT2D eigenvalue weighted by Crippen LogP contribution is -2.29. The van der Waals surface area contributed by atoms with Crippen LogP contribution in [0.1, 0.15) is 53.5 Å². The summed E-state index contributed by atoms with van der Waals surface area (Å²) in [4.78, 5) is 23.0. The first kappa shape index (κ1) is 31.3. The second-order valence-electron chi connectivity index (χ2n) is 6.99. The Morgan fingerprint density at radius 1 is 1.15 bits per heavy atom. The van der Waals surface area contributed by atoms with Crippen molar-refractivity contribution in [1.29, 1.82) is 0 Å². The predicted octanol–water partition coefficient (Wildman–Crippen LogP) is 7.92. The summed E-state index contributed by atoms with van der Waals surface area (Å²) in [5, 5.41) is 1.19. The molecule has 3 rings (SSSR count). The van der Waals surface area contributed by atoms with Crippen LogP contribution in [0.3, 0.4) is 0 Å². The van der Waals surface area contributed by atoms with Crippen LogP contribution in [0.5, 0.6) is 0 Å². The predicted molar refractivity (Wildman–Crippen MR) is 144 cm³/mol. The largest absolute Gasteiger partial charge is 0.275 e. The first-order valence-corrected chi connectivity index (χ1v) is 12.2. The van der Waals surface area contributed by atoms with Gasteiger partial charge in [-0.2, -0.15) is 0 Å². The molecule has 2 aromatic carbocycles.